The summed E-state index contributed by atoms with van der Waals surface area (Å²) in [7, 11) is 3.04. The number of hydrogen-bond acceptors (Lipinski definition) is 6. The zero-order chi connectivity index (χ0) is 16.2. The third-order valence-corrected chi connectivity index (χ3v) is 3.91. The van der Waals surface area contributed by atoms with Crippen molar-refractivity contribution in [3.63, 3.8) is 0 Å². The van der Waals surface area contributed by atoms with Crippen LogP contribution in [0.5, 0.6) is 0 Å². The van der Waals surface area contributed by atoms with E-state index in [9.17, 15) is 19.7 Å². The van der Waals surface area contributed by atoms with E-state index in [1.54, 1.807) is 6.92 Å². The van der Waals surface area contributed by atoms with Crippen molar-refractivity contribution < 1.29 is 19.2 Å². The highest BCUT2D eigenvalue weighted by Crippen LogP contribution is 2.37. The lowest BCUT2D eigenvalue weighted by molar-refractivity contribution is -0.387. The van der Waals surface area contributed by atoms with Crippen molar-refractivity contribution >= 4 is 44.6 Å². The highest BCUT2D eigenvalue weighted by molar-refractivity contribution is 9.10. The highest BCUT2D eigenvalue weighted by Gasteiger charge is 2.27. The summed E-state index contributed by atoms with van der Waals surface area (Å²) >= 11 is 3.73. The minimum atomic E-state index is -0.712. The van der Waals surface area contributed by atoms with Crippen LogP contribution in [0.2, 0.25) is 0 Å². The van der Waals surface area contributed by atoms with Gasteiger partial charge < -0.3 is 9.64 Å². The SMILES string of the molecule is CCOC(=O)c1cc(Br)cc([N+](=O)[O-])c1SC(=O)N(C)C. The Morgan fingerprint density at radius 1 is 1.43 bits per heavy atom. The topological polar surface area (TPSA) is 89.7 Å². The van der Waals surface area contributed by atoms with E-state index in [0.29, 0.717) is 16.2 Å². The second kappa shape index (κ2) is 7.41. The van der Waals surface area contributed by atoms with E-state index in [4.69, 9.17) is 4.74 Å². The first-order valence-corrected chi connectivity index (χ1v) is 7.43. The number of amides is 1. The number of benzene rings is 1. The Balaban J connectivity index is 3.42. The number of rotatable bonds is 4. The van der Waals surface area contributed by atoms with Crippen LogP contribution >= 0.6 is 27.7 Å². The largest absolute Gasteiger partial charge is 0.462 e. The molecule has 0 N–H and O–H groups in total. The molecule has 0 aliphatic rings. The Kier molecular flexibility index (Phi) is 6.16. The number of halogens is 1. The first-order chi connectivity index (χ1) is 9.77. The van der Waals surface area contributed by atoms with Gasteiger partial charge in [0, 0.05) is 24.6 Å². The van der Waals surface area contributed by atoms with Crippen LogP contribution in [-0.2, 0) is 4.74 Å². The van der Waals surface area contributed by atoms with Crippen molar-refractivity contribution in [2.24, 2.45) is 0 Å². The summed E-state index contributed by atoms with van der Waals surface area (Å²) in [6.45, 7) is 1.76. The summed E-state index contributed by atoms with van der Waals surface area (Å²) in [5.41, 5.74) is -0.342. The number of nitrogens with zero attached hydrogens (tertiary/aromatic N) is 2. The molecular formula is C12H13BrN2O5S. The van der Waals surface area contributed by atoms with Crippen LogP contribution < -0.4 is 0 Å². The number of carbonyl (C=O) groups excluding carboxylic acids is 2. The van der Waals surface area contributed by atoms with E-state index < -0.39 is 16.1 Å². The van der Waals surface area contributed by atoms with Gasteiger partial charge in [0.2, 0.25) is 0 Å². The molecule has 0 saturated carbocycles. The molecule has 114 valence electrons. The van der Waals surface area contributed by atoms with Crippen LogP contribution in [0.4, 0.5) is 10.5 Å². The lowest BCUT2D eigenvalue weighted by Gasteiger charge is -2.12. The average molecular weight is 377 g/mol. The van der Waals surface area contributed by atoms with Crippen molar-refractivity contribution in [2.45, 2.75) is 11.8 Å². The van der Waals surface area contributed by atoms with Gasteiger partial charge in [0.15, 0.2) is 0 Å². The minimum Gasteiger partial charge on any atom is -0.462 e. The molecule has 0 spiro atoms. The molecule has 0 fully saturated rings. The molecule has 1 rings (SSSR count). The van der Waals surface area contributed by atoms with Gasteiger partial charge in [0.1, 0.15) is 4.90 Å². The highest BCUT2D eigenvalue weighted by atomic mass is 79.9. The second-order valence-corrected chi connectivity index (χ2v) is 5.92. The first kappa shape index (κ1) is 17.4. The molecule has 9 heteroatoms. The van der Waals surface area contributed by atoms with Crippen LogP contribution in [0.25, 0.3) is 0 Å². The zero-order valence-corrected chi connectivity index (χ0v) is 14.0. The number of nitro benzene ring substituents is 1. The molecule has 1 aromatic carbocycles. The van der Waals surface area contributed by atoms with Gasteiger partial charge in [-0.15, -0.1) is 0 Å². The molecule has 1 amide bonds. The number of nitro groups is 1. The molecule has 0 aromatic heterocycles. The van der Waals surface area contributed by atoms with Crippen molar-refractivity contribution in [2.75, 3.05) is 20.7 Å². The molecular weight excluding hydrogens is 364 g/mol. The zero-order valence-electron chi connectivity index (χ0n) is 11.6. The smallest absolute Gasteiger partial charge is 0.339 e. The normalized spacial score (nSPS) is 10.1. The van der Waals surface area contributed by atoms with E-state index in [1.807, 2.05) is 0 Å². The quantitative estimate of drug-likeness (QED) is 0.346. The van der Waals surface area contributed by atoms with Gasteiger partial charge in [-0.1, -0.05) is 15.9 Å². The summed E-state index contributed by atoms with van der Waals surface area (Å²) in [6.07, 6.45) is 0. The Labute approximate surface area is 133 Å². The molecule has 0 atom stereocenters. The van der Waals surface area contributed by atoms with Crippen LogP contribution in [0.1, 0.15) is 17.3 Å². The van der Waals surface area contributed by atoms with Gasteiger partial charge >= 0.3 is 5.97 Å². The summed E-state index contributed by atoms with van der Waals surface area (Å²) in [4.78, 5) is 35.5. The molecule has 0 aliphatic heterocycles. The van der Waals surface area contributed by atoms with E-state index in [2.05, 4.69) is 15.9 Å². The number of thioether (sulfide) groups is 1. The van der Waals surface area contributed by atoms with Crippen LogP contribution in [0.3, 0.4) is 0 Å². The van der Waals surface area contributed by atoms with Gasteiger partial charge in [-0.05, 0) is 24.8 Å². The molecule has 0 saturated heterocycles. The van der Waals surface area contributed by atoms with Gasteiger partial charge in [-0.25, -0.2) is 4.79 Å². The maximum absolute atomic E-state index is 11.9. The Bertz CT molecular complexity index is 591. The van der Waals surface area contributed by atoms with Crippen molar-refractivity contribution in [3.05, 3.63) is 32.3 Å². The van der Waals surface area contributed by atoms with Crippen molar-refractivity contribution in [1.29, 1.82) is 0 Å². The maximum Gasteiger partial charge on any atom is 0.339 e. The van der Waals surface area contributed by atoms with E-state index >= 15 is 0 Å². The summed E-state index contributed by atoms with van der Waals surface area (Å²) in [6, 6.07) is 2.64. The number of esters is 1. The Morgan fingerprint density at radius 2 is 2.05 bits per heavy atom. The first-order valence-electron chi connectivity index (χ1n) is 5.82. The van der Waals surface area contributed by atoms with Crippen molar-refractivity contribution in [3.8, 4) is 0 Å². The Hall–Kier alpha value is -1.61. The van der Waals surface area contributed by atoms with Crippen molar-refractivity contribution in [1.82, 2.24) is 4.90 Å². The van der Waals surface area contributed by atoms with Gasteiger partial charge in [0.05, 0.1) is 17.1 Å². The third-order valence-electron chi connectivity index (χ3n) is 2.28. The third kappa shape index (κ3) is 4.43. The lowest BCUT2D eigenvalue weighted by Crippen LogP contribution is -2.17. The molecule has 0 heterocycles. The van der Waals surface area contributed by atoms with Crippen LogP contribution in [-0.4, -0.2) is 41.7 Å². The molecule has 7 nitrogen and oxygen atoms in total. The molecule has 0 bridgehead atoms. The number of hydrogen-bond donors (Lipinski definition) is 0. The summed E-state index contributed by atoms with van der Waals surface area (Å²) in [5.74, 6) is -0.712. The fraction of sp³-hybridized carbons (Fsp3) is 0.333. The fourth-order valence-corrected chi connectivity index (χ4v) is 2.65. The van der Waals surface area contributed by atoms with E-state index in [0.717, 1.165) is 0 Å². The van der Waals surface area contributed by atoms with E-state index in [-0.39, 0.29) is 22.8 Å². The van der Waals surface area contributed by atoms with Crippen LogP contribution in [0, 0.1) is 10.1 Å². The Morgan fingerprint density at radius 3 is 2.52 bits per heavy atom. The predicted octanol–water partition coefficient (Wildman–Crippen LogP) is 3.31. The average Bonchev–Trinajstić information content (AvgIpc) is 2.39. The minimum absolute atomic E-state index is 0.0156. The molecule has 1 aromatic rings. The molecule has 21 heavy (non-hydrogen) atoms. The maximum atomic E-state index is 11.9. The predicted molar refractivity (Wildman–Crippen MR) is 81.7 cm³/mol. The molecule has 0 unspecified atom stereocenters. The molecule has 0 aliphatic carbocycles. The fourth-order valence-electron chi connectivity index (χ4n) is 1.36. The van der Waals surface area contributed by atoms with Gasteiger partial charge in [-0.3, -0.25) is 14.9 Å². The van der Waals surface area contributed by atoms with Crippen LogP contribution in [0.15, 0.2) is 21.5 Å². The summed E-state index contributed by atoms with van der Waals surface area (Å²) in [5, 5.41) is 10.7. The standard InChI is InChI=1S/C12H13BrN2O5S/c1-4-20-11(16)8-5-7(13)6-9(15(18)19)10(8)21-12(17)14(2)3/h5-6H,4H2,1-3H3. The number of carbonyl (C=O) groups is 2. The monoisotopic (exact) mass is 376 g/mol. The second-order valence-electron chi connectivity index (χ2n) is 4.04. The number of ether oxygens (including phenoxy) is 1. The molecule has 0 radical (unpaired) electrons. The van der Waals surface area contributed by atoms with Gasteiger partial charge in [-0.2, -0.15) is 0 Å². The van der Waals surface area contributed by atoms with E-state index in [1.165, 1.54) is 31.1 Å². The lowest BCUT2D eigenvalue weighted by atomic mass is 10.2. The van der Waals surface area contributed by atoms with Gasteiger partial charge in [0.25, 0.3) is 10.9 Å². The summed E-state index contributed by atoms with van der Waals surface area (Å²) < 4.78 is 5.24.